The zero-order valence-corrected chi connectivity index (χ0v) is 17.6. The van der Waals surface area contributed by atoms with Crippen molar-refractivity contribution in [2.45, 2.75) is 0 Å². The third kappa shape index (κ3) is 6.01. The number of nitrogens with zero attached hydrogens (tertiary/aromatic N) is 2. The molecule has 4 rings (SSSR count). The van der Waals surface area contributed by atoms with Crippen molar-refractivity contribution in [2.75, 3.05) is 0 Å². The van der Waals surface area contributed by atoms with Crippen LogP contribution in [0.1, 0.15) is 0 Å². The smallest absolute Gasteiger partial charge is 0.305 e. The molecule has 4 aromatic rings. The first-order valence-corrected chi connectivity index (χ1v) is 8.59. The van der Waals surface area contributed by atoms with E-state index in [1.807, 2.05) is 78.9 Å². The summed E-state index contributed by atoms with van der Waals surface area (Å²) >= 11 is 3.41. The molecule has 2 aromatic carbocycles. The number of benzene rings is 2. The van der Waals surface area contributed by atoms with Crippen LogP contribution in [-0.4, -0.2) is 9.97 Å². The maximum absolute atomic E-state index is 4.24. The number of halogens is 1. The number of hydrogen-bond donors (Lipinski definition) is 0. The molecule has 2 aromatic heterocycles. The van der Waals surface area contributed by atoms with E-state index in [-0.39, 0.29) is 21.1 Å². The molecule has 4 heteroatoms. The Hall–Kier alpha value is -2.09. The predicted octanol–water partition coefficient (Wildman–Crippen LogP) is 5.86. The predicted molar refractivity (Wildman–Crippen MR) is 105 cm³/mol. The van der Waals surface area contributed by atoms with E-state index in [1.165, 1.54) is 0 Å². The largest absolute Gasteiger partial charge is 2.00 e. The van der Waals surface area contributed by atoms with Crippen molar-refractivity contribution >= 4 is 15.9 Å². The summed E-state index contributed by atoms with van der Waals surface area (Å²) in [5, 5.41) is 0. The molecule has 0 saturated heterocycles. The van der Waals surface area contributed by atoms with Gasteiger partial charge in [0.05, 0.1) is 0 Å². The summed E-state index contributed by atoms with van der Waals surface area (Å²) in [4.78, 5) is 8.46. The van der Waals surface area contributed by atoms with Crippen molar-refractivity contribution in [1.82, 2.24) is 9.97 Å². The van der Waals surface area contributed by atoms with E-state index in [2.05, 4.69) is 38.0 Å². The zero-order valence-electron chi connectivity index (χ0n) is 13.7. The van der Waals surface area contributed by atoms with Crippen molar-refractivity contribution in [1.29, 1.82) is 0 Å². The minimum Gasteiger partial charge on any atom is -0.305 e. The van der Waals surface area contributed by atoms with Gasteiger partial charge in [0, 0.05) is 12.4 Å². The molecule has 0 bridgehead atoms. The molecule has 130 valence electrons. The Kier molecular flexibility index (Phi) is 8.40. The van der Waals surface area contributed by atoms with Crippen molar-refractivity contribution < 1.29 is 21.1 Å². The van der Waals surface area contributed by atoms with Gasteiger partial charge in [-0.2, -0.15) is 0 Å². The van der Waals surface area contributed by atoms with E-state index in [0.29, 0.717) is 0 Å². The van der Waals surface area contributed by atoms with Crippen molar-refractivity contribution in [2.24, 2.45) is 0 Å². The van der Waals surface area contributed by atoms with E-state index in [9.17, 15) is 0 Å². The normalized spacial score (nSPS) is 9.42. The fraction of sp³-hybridized carbons (Fsp3) is 0. The van der Waals surface area contributed by atoms with Crippen LogP contribution in [0, 0.1) is 12.1 Å². The second-order valence-corrected chi connectivity index (χ2v) is 6.04. The molecule has 26 heavy (non-hydrogen) atoms. The SMILES string of the molecule is Brc1cc[c-]c(-c2ccccn2)c1.[Pt+2].[c-]1ccccc1-c1ccccn1. The first-order chi connectivity index (χ1) is 12.3. The Morgan fingerprint density at radius 2 is 1.27 bits per heavy atom. The van der Waals surface area contributed by atoms with Crippen LogP contribution in [0.3, 0.4) is 0 Å². The quantitative estimate of drug-likeness (QED) is 0.277. The van der Waals surface area contributed by atoms with Gasteiger partial charge in [0.2, 0.25) is 0 Å². The Bertz CT molecular complexity index is 863. The molecule has 0 N–H and O–H groups in total. The van der Waals surface area contributed by atoms with Gasteiger partial charge in [-0.25, -0.2) is 0 Å². The molecule has 0 fully saturated rings. The van der Waals surface area contributed by atoms with Crippen LogP contribution in [0.25, 0.3) is 22.5 Å². The van der Waals surface area contributed by atoms with Gasteiger partial charge in [0.15, 0.2) is 0 Å². The molecule has 2 nitrogen and oxygen atoms in total. The molecule has 0 radical (unpaired) electrons. The standard InChI is InChI=1S/C11H7BrN.C11H8N.Pt/c12-10-5-3-4-9(8-10)11-6-1-2-7-13-11;1-2-6-10(7-3-1)11-8-4-5-9-12-11;/h1-3,5-8H;1-6,8-9H;/q2*-1;+2. The third-order valence-corrected chi connectivity index (χ3v) is 3.85. The molecule has 0 unspecified atom stereocenters. The summed E-state index contributed by atoms with van der Waals surface area (Å²) in [5.41, 5.74) is 3.97. The van der Waals surface area contributed by atoms with Crippen LogP contribution >= 0.6 is 15.9 Å². The fourth-order valence-corrected chi connectivity index (χ4v) is 2.54. The van der Waals surface area contributed by atoms with Crippen LogP contribution in [0.5, 0.6) is 0 Å². The Balaban J connectivity index is 0.000000180. The summed E-state index contributed by atoms with van der Waals surface area (Å²) in [6, 6.07) is 31.6. The number of pyridine rings is 2. The first kappa shape index (κ1) is 20.2. The molecular weight excluding hydrogens is 567 g/mol. The minimum atomic E-state index is 0. The van der Waals surface area contributed by atoms with Crippen molar-refractivity contribution in [3.63, 3.8) is 0 Å². The van der Waals surface area contributed by atoms with Crippen molar-refractivity contribution in [3.05, 3.63) is 108 Å². The maximum atomic E-state index is 4.24. The number of rotatable bonds is 2. The molecule has 0 amide bonds. The molecule has 0 aliphatic rings. The molecule has 0 spiro atoms. The molecule has 0 aliphatic heterocycles. The monoisotopic (exact) mass is 581 g/mol. The Labute approximate surface area is 176 Å². The van der Waals surface area contributed by atoms with Gasteiger partial charge >= 0.3 is 21.1 Å². The average molecular weight is 582 g/mol. The van der Waals surface area contributed by atoms with E-state index in [1.54, 1.807) is 12.4 Å². The topological polar surface area (TPSA) is 25.8 Å². The van der Waals surface area contributed by atoms with E-state index >= 15 is 0 Å². The van der Waals surface area contributed by atoms with Crippen LogP contribution in [-0.2, 0) is 21.1 Å². The zero-order chi connectivity index (χ0) is 17.3. The summed E-state index contributed by atoms with van der Waals surface area (Å²) < 4.78 is 1.05. The summed E-state index contributed by atoms with van der Waals surface area (Å²) in [7, 11) is 0. The van der Waals surface area contributed by atoms with Gasteiger partial charge < -0.3 is 9.97 Å². The van der Waals surface area contributed by atoms with Gasteiger partial charge in [0.1, 0.15) is 0 Å². The van der Waals surface area contributed by atoms with Gasteiger partial charge in [-0.3, -0.25) is 0 Å². The second kappa shape index (κ2) is 10.8. The fourth-order valence-electron chi connectivity index (χ4n) is 2.18. The van der Waals surface area contributed by atoms with Crippen LogP contribution in [0.4, 0.5) is 0 Å². The van der Waals surface area contributed by atoms with Crippen LogP contribution < -0.4 is 0 Å². The molecule has 0 atom stereocenters. The van der Waals surface area contributed by atoms with Gasteiger partial charge in [-0.05, 0) is 23.5 Å². The van der Waals surface area contributed by atoms with E-state index in [0.717, 1.165) is 27.0 Å². The first-order valence-electron chi connectivity index (χ1n) is 7.80. The van der Waals surface area contributed by atoms with Gasteiger partial charge in [0.25, 0.3) is 0 Å². The molecule has 0 saturated carbocycles. The second-order valence-electron chi connectivity index (χ2n) is 5.13. The summed E-state index contributed by atoms with van der Waals surface area (Å²) in [5.74, 6) is 0. The summed E-state index contributed by atoms with van der Waals surface area (Å²) in [6.45, 7) is 0. The van der Waals surface area contributed by atoms with Gasteiger partial charge in [-0.1, -0.05) is 44.7 Å². The van der Waals surface area contributed by atoms with Crippen LogP contribution in [0.2, 0.25) is 0 Å². The Morgan fingerprint density at radius 3 is 1.81 bits per heavy atom. The molecule has 2 heterocycles. The van der Waals surface area contributed by atoms with E-state index < -0.39 is 0 Å². The van der Waals surface area contributed by atoms with Crippen LogP contribution in [0.15, 0.2) is 95.7 Å². The Morgan fingerprint density at radius 1 is 0.654 bits per heavy atom. The minimum absolute atomic E-state index is 0. The third-order valence-electron chi connectivity index (χ3n) is 3.35. The number of aromatic nitrogens is 2. The maximum Gasteiger partial charge on any atom is 2.00 e. The van der Waals surface area contributed by atoms with E-state index in [4.69, 9.17) is 0 Å². The van der Waals surface area contributed by atoms with Crippen molar-refractivity contribution in [3.8, 4) is 22.5 Å². The number of hydrogen-bond acceptors (Lipinski definition) is 2. The molecule has 0 aliphatic carbocycles. The molecular formula is C22H15BrN2Pt. The average Bonchev–Trinajstić information content (AvgIpc) is 2.71. The summed E-state index contributed by atoms with van der Waals surface area (Å²) in [6.07, 6.45) is 3.57. The van der Waals surface area contributed by atoms with Gasteiger partial charge in [-0.15, -0.1) is 65.7 Å².